The van der Waals surface area contributed by atoms with Crippen LogP contribution in [-0.2, 0) is 14.4 Å². The molecular weight excluding hydrogens is 384 g/mol. The van der Waals surface area contributed by atoms with Crippen molar-refractivity contribution in [2.75, 3.05) is 16.8 Å². The van der Waals surface area contributed by atoms with Gasteiger partial charge in [-0.25, -0.2) is 13.7 Å². The molecule has 1 fully saturated rings. The summed E-state index contributed by atoms with van der Waals surface area (Å²) in [5, 5.41) is 11.4. The molecule has 2 heterocycles. The standard InChI is InChI=1S/C19H15F2N5O3/c1-10-4-2-3-5-14(10)22-15(27)9-25-17-16(23-24-25)18(28)26(19(17)29)11-6-7-12(20)13(21)8-11/h2-8,16-17H,9H2,1H3,(H,22,27)/t16-,17-/m1/s1. The first kappa shape index (κ1) is 18.7. The fourth-order valence-corrected chi connectivity index (χ4v) is 3.28. The highest BCUT2D eigenvalue weighted by molar-refractivity contribution is 6.25. The van der Waals surface area contributed by atoms with Gasteiger partial charge in [0.15, 0.2) is 23.7 Å². The van der Waals surface area contributed by atoms with Crippen LogP contribution in [0.2, 0.25) is 0 Å². The summed E-state index contributed by atoms with van der Waals surface area (Å²) in [5.41, 5.74) is 1.37. The van der Waals surface area contributed by atoms with Gasteiger partial charge in [0.25, 0.3) is 11.8 Å². The fraction of sp³-hybridized carbons (Fsp3) is 0.211. The van der Waals surface area contributed by atoms with Crippen LogP contribution in [0.15, 0.2) is 52.8 Å². The van der Waals surface area contributed by atoms with E-state index in [0.29, 0.717) is 5.69 Å². The van der Waals surface area contributed by atoms with E-state index in [4.69, 9.17) is 0 Å². The van der Waals surface area contributed by atoms with Crippen molar-refractivity contribution in [1.82, 2.24) is 5.01 Å². The first-order chi connectivity index (χ1) is 13.9. The van der Waals surface area contributed by atoms with Gasteiger partial charge < -0.3 is 5.32 Å². The second-order valence-electron chi connectivity index (χ2n) is 6.67. The van der Waals surface area contributed by atoms with Gasteiger partial charge in [0.1, 0.15) is 6.54 Å². The van der Waals surface area contributed by atoms with E-state index in [2.05, 4.69) is 15.7 Å². The van der Waals surface area contributed by atoms with Crippen molar-refractivity contribution in [3.8, 4) is 0 Å². The molecule has 0 aromatic heterocycles. The largest absolute Gasteiger partial charge is 0.324 e. The summed E-state index contributed by atoms with van der Waals surface area (Å²) in [4.78, 5) is 38.5. The molecule has 8 nitrogen and oxygen atoms in total. The SMILES string of the molecule is Cc1ccccc1NC(=O)CN1N=N[C@H]2C(=O)N(c3ccc(F)c(F)c3)C(=O)[C@@H]21. The number of nitrogens with one attached hydrogen (secondary N) is 1. The quantitative estimate of drug-likeness (QED) is 0.798. The molecular formula is C19H15F2N5O3. The van der Waals surface area contributed by atoms with Gasteiger partial charge in [-0.2, -0.15) is 5.11 Å². The highest BCUT2D eigenvalue weighted by Gasteiger charge is 2.55. The third-order valence-corrected chi connectivity index (χ3v) is 4.74. The molecule has 4 rings (SSSR count). The van der Waals surface area contributed by atoms with E-state index in [1.165, 1.54) is 0 Å². The second kappa shape index (κ2) is 7.04. The lowest BCUT2D eigenvalue weighted by Crippen LogP contribution is -2.43. The lowest BCUT2D eigenvalue weighted by molar-refractivity contribution is -0.123. The normalized spacial score (nSPS) is 20.4. The van der Waals surface area contributed by atoms with Gasteiger partial charge in [0, 0.05) is 11.8 Å². The molecule has 148 valence electrons. The molecule has 2 atom stereocenters. The number of aryl methyl sites for hydroxylation is 1. The van der Waals surface area contributed by atoms with Crippen LogP contribution in [0.1, 0.15) is 5.56 Å². The maximum absolute atomic E-state index is 13.5. The molecule has 0 aliphatic carbocycles. The number of rotatable bonds is 4. The van der Waals surface area contributed by atoms with Crippen molar-refractivity contribution < 1.29 is 23.2 Å². The Balaban J connectivity index is 1.51. The number of amides is 3. The molecule has 0 unspecified atom stereocenters. The molecule has 3 amide bonds. The highest BCUT2D eigenvalue weighted by Crippen LogP contribution is 2.32. The summed E-state index contributed by atoms with van der Waals surface area (Å²) in [5.74, 6) is -4.14. The van der Waals surface area contributed by atoms with E-state index >= 15 is 0 Å². The van der Waals surface area contributed by atoms with E-state index in [-0.39, 0.29) is 12.2 Å². The number of fused-ring (bicyclic) bond motifs is 1. The molecule has 0 bridgehead atoms. The average molecular weight is 399 g/mol. The number of para-hydroxylation sites is 1. The van der Waals surface area contributed by atoms with Gasteiger partial charge >= 0.3 is 0 Å². The number of carbonyl (C=O) groups is 3. The van der Waals surface area contributed by atoms with Crippen LogP contribution < -0.4 is 10.2 Å². The minimum absolute atomic E-state index is 0.104. The van der Waals surface area contributed by atoms with Crippen LogP contribution >= 0.6 is 0 Å². The van der Waals surface area contributed by atoms with Crippen molar-refractivity contribution in [3.63, 3.8) is 0 Å². The zero-order valence-electron chi connectivity index (χ0n) is 15.2. The molecule has 0 spiro atoms. The predicted octanol–water partition coefficient (Wildman–Crippen LogP) is 2.21. The second-order valence-corrected chi connectivity index (χ2v) is 6.67. The number of nitrogens with zero attached hydrogens (tertiary/aromatic N) is 4. The number of imide groups is 1. The minimum atomic E-state index is -1.18. The van der Waals surface area contributed by atoms with E-state index < -0.39 is 41.4 Å². The molecule has 2 aliphatic rings. The highest BCUT2D eigenvalue weighted by atomic mass is 19.2. The van der Waals surface area contributed by atoms with Gasteiger partial charge in [-0.1, -0.05) is 23.4 Å². The Morgan fingerprint density at radius 1 is 1.10 bits per heavy atom. The van der Waals surface area contributed by atoms with E-state index in [1.54, 1.807) is 12.1 Å². The Kier molecular flexibility index (Phi) is 4.53. The van der Waals surface area contributed by atoms with Crippen LogP contribution in [0.3, 0.4) is 0 Å². The Hall–Kier alpha value is -3.69. The summed E-state index contributed by atoms with van der Waals surface area (Å²) < 4.78 is 26.7. The van der Waals surface area contributed by atoms with Crippen molar-refractivity contribution in [2.45, 2.75) is 19.0 Å². The summed E-state index contributed by atoms with van der Waals surface area (Å²) in [6.45, 7) is 1.53. The molecule has 1 N–H and O–H groups in total. The number of halogens is 2. The first-order valence-electron chi connectivity index (χ1n) is 8.72. The van der Waals surface area contributed by atoms with Gasteiger partial charge in [0.2, 0.25) is 5.91 Å². The van der Waals surface area contributed by atoms with Gasteiger partial charge in [0.05, 0.1) is 5.69 Å². The first-order valence-corrected chi connectivity index (χ1v) is 8.72. The molecule has 2 aliphatic heterocycles. The lowest BCUT2D eigenvalue weighted by Gasteiger charge is -2.20. The molecule has 29 heavy (non-hydrogen) atoms. The van der Waals surface area contributed by atoms with Crippen LogP contribution in [0, 0.1) is 18.6 Å². The number of benzene rings is 2. The maximum Gasteiger partial charge on any atom is 0.263 e. The Bertz CT molecular complexity index is 1060. The summed E-state index contributed by atoms with van der Waals surface area (Å²) in [7, 11) is 0. The lowest BCUT2D eigenvalue weighted by atomic mass is 10.1. The minimum Gasteiger partial charge on any atom is -0.324 e. The summed E-state index contributed by atoms with van der Waals surface area (Å²) in [6.07, 6.45) is 0. The van der Waals surface area contributed by atoms with Crippen molar-refractivity contribution in [2.24, 2.45) is 10.3 Å². The molecule has 0 radical (unpaired) electrons. The van der Waals surface area contributed by atoms with Crippen LogP contribution in [-0.4, -0.2) is 41.4 Å². The smallest absolute Gasteiger partial charge is 0.263 e. The molecule has 2 aromatic carbocycles. The zero-order valence-corrected chi connectivity index (χ0v) is 15.2. The van der Waals surface area contributed by atoms with Gasteiger partial charge in [-0.3, -0.25) is 19.4 Å². The Morgan fingerprint density at radius 3 is 2.59 bits per heavy atom. The molecule has 2 aromatic rings. The third-order valence-electron chi connectivity index (χ3n) is 4.74. The number of hydrogen-bond donors (Lipinski definition) is 1. The number of hydrogen-bond acceptors (Lipinski definition) is 6. The Morgan fingerprint density at radius 2 is 1.86 bits per heavy atom. The topological polar surface area (TPSA) is 94.4 Å². The molecule has 1 saturated heterocycles. The number of carbonyl (C=O) groups excluding carboxylic acids is 3. The van der Waals surface area contributed by atoms with E-state index in [9.17, 15) is 23.2 Å². The van der Waals surface area contributed by atoms with Crippen molar-refractivity contribution in [3.05, 3.63) is 59.7 Å². The Labute approximate surface area is 163 Å². The summed E-state index contributed by atoms with van der Waals surface area (Å²) >= 11 is 0. The maximum atomic E-state index is 13.5. The zero-order chi connectivity index (χ0) is 20.7. The molecule has 10 heteroatoms. The summed E-state index contributed by atoms with van der Waals surface area (Å²) in [6, 6.07) is 7.64. The van der Waals surface area contributed by atoms with Gasteiger partial charge in [-0.15, -0.1) is 0 Å². The predicted molar refractivity (Wildman–Crippen MR) is 97.8 cm³/mol. The van der Waals surface area contributed by atoms with E-state index in [1.807, 2.05) is 19.1 Å². The molecule has 0 saturated carbocycles. The average Bonchev–Trinajstić information content (AvgIpc) is 3.20. The van der Waals surface area contributed by atoms with Crippen molar-refractivity contribution >= 4 is 29.1 Å². The van der Waals surface area contributed by atoms with Crippen LogP contribution in [0.25, 0.3) is 0 Å². The van der Waals surface area contributed by atoms with Crippen LogP contribution in [0.4, 0.5) is 20.2 Å². The fourth-order valence-electron chi connectivity index (χ4n) is 3.28. The van der Waals surface area contributed by atoms with Crippen LogP contribution in [0.5, 0.6) is 0 Å². The third kappa shape index (κ3) is 3.22. The number of anilines is 2. The van der Waals surface area contributed by atoms with Crippen molar-refractivity contribution in [1.29, 1.82) is 0 Å². The van der Waals surface area contributed by atoms with Gasteiger partial charge in [-0.05, 0) is 30.7 Å². The van der Waals surface area contributed by atoms with E-state index in [0.717, 1.165) is 33.7 Å². The monoisotopic (exact) mass is 399 g/mol.